The van der Waals surface area contributed by atoms with Crippen LogP contribution in [0.4, 0.5) is 10.8 Å². The monoisotopic (exact) mass is 536 g/mol. The maximum absolute atomic E-state index is 13.8. The number of aromatic nitrogens is 1. The van der Waals surface area contributed by atoms with Crippen molar-refractivity contribution in [3.05, 3.63) is 47.5 Å². The van der Waals surface area contributed by atoms with Gasteiger partial charge in [-0.25, -0.2) is 4.98 Å². The largest absolute Gasteiger partial charge is 0.494 e. The van der Waals surface area contributed by atoms with Gasteiger partial charge in [0.15, 0.2) is 5.13 Å². The van der Waals surface area contributed by atoms with E-state index in [4.69, 9.17) is 21.3 Å². The summed E-state index contributed by atoms with van der Waals surface area (Å²) in [6.45, 7) is 7.54. The Morgan fingerprint density at radius 3 is 2.54 bits per heavy atom. The maximum atomic E-state index is 13.8. The van der Waals surface area contributed by atoms with Gasteiger partial charge in [0, 0.05) is 31.7 Å². The van der Waals surface area contributed by atoms with Crippen LogP contribution in [-0.2, 0) is 9.59 Å². The minimum atomic E-state index is -0.436. The zero-order valence-corrected chi connectivity index (χ0v) is 22.5. The smallest absolute Gasteiger partial charge is 0.234 e. The number of methoxy groups -OCH3 is 1. The Balaban J connectivity index is 0.00000342. The normalized spacial score (nSPS) is 15.5. The van der Waals surface area contributed by atoms with Gasteiger partial charge >= 0.3 is 0 Å². The van der Waals surface area contributed by atoms with Crippen molar-refractivity contribution in [2.45, 2.75) is 20.3 Å². The average molecular weight is 538 g/mol. The molecule has 1 unspecified atom stereocenters. The maximum Gasteiger partial charge on any atom is 0.234 e. The summed E-state index contributed by atoms with van der Waals surface area (Å²) in [6.07, 6.45) is 0.185. The van der Waals surface area contributed by atoms with Gasteiger partial charge in [0.2, 0.25) is 11.8 Å². The summed E-state index contributed by atoms with van der Waals surface area (Å²) in [6, 6.07) is 13.0. The Labute approximate surface area is 221 Å². The highest BCUT2D eigenvalue weighted by atomic mass is 35.5. The highest BCUT2D eigenvalue weighted by Crippen LogP contribution is 2.39. The van der Waals surface area contributed by atoms with Crippen LogP contribution in [0.25, 0.3) is 10.2 Å². The summed E-state index contributed by atoms with van der Waals surface area (Å²) in [5.74, 6) is 0.0495. The summed E-state index contributed by atoms with van der Waals surface area (Å²) in [4.78, 5) is 37.0. The van der Waals surface area contributed by atoms with E-state index >= 15 is 0 Å². The molecule has 1 aromatic heterocycles. The van der Waals surface area contributed by atoms with E-state index in [0.29, 0.717) is 41.1 Å². The molecule has 0 bridgehead atoms. The van der Waals surface area contributed by atoms with Crippen LogP contribution < -0.4 is 14.5 Å². The van der Waals surface area contributed by atoms with Crippen LogP contribution in [0.5, 0.6) is 5.75 Å². The number of rotatable bonds is 9. The van der Waals surface area contributed by atoms with Gasteiger partial charge in [-0.1, -0.05) is 55.0 Å². The van der Waals surface area contributed by atoms with Crippen LogP contribution in [0.1, 0.15) is 20.3 Å². The van der Waals surface area contributed by atoms with Gasteiger partial charge in [0.1, 0.15) is 11.3 Å². The third-order valence-corrected chi connectivity index (χ3v) is 7.78. The van der Waals surface area contributed by atoms with Crippen molar-refractivity contribution in [1.82, 2.24) is 9.88 Å². The van der Waals surface area contributed by atoms with Crippen molar-refractivity contribution in [2.75, 3.05) is 49.6 Å². The van der Waals surface area contributed by atoms with Crippen LogP contribution in [-0.4, -0.2) is 61.5 Å². The molecule has 1 saturated heterocycles. The predicted molar refractivity (Wildman–Crippen MR) is 145 cm³/mol. The number of halogens is 2. The van der Waals surface area contributed by atoms with Gasteiger partial charge in [-0.05, 0) is 37.4 Å². The molecule has 0 saturated carbocycles. The zero-order valence-electron chi connectivity index (χ0n) is 20.1. The van der Waals surface area contributed by atoms with E-state index < -0.39 is 5.92 Å². The van der Waals surface area contributed by atoms with E-state index in [-0.39, 0.29) is 30.6 Å². The van der Waals surface area contributed by atoms with Crippen LogP contribution in [0.15, 0.2) is 42.5 Å². The van der Waals surface area contributed by atoms with E-state index in [1.165, 1.54) is 11.3 Å². The van der Waals surface area contributed by atoms with Crippen LogP contribution in [0.2, 0.25) is 5.02 Å². The Kier molecular flexibility index (Phi) is 9.35. The van der Waals surface area contributed by atoms with Crippen LogP contribution in [0, 0.1) is 5.92 Å². The molecule has 188 valence electrons. The van der Waals surface area contributed by atoms with Crippen molar-refractivity contribution < 1.29 is 14.3 Å². The molecule has 0 radical (unpaired) electrons. The molecule has 7 nitrogen and oxygen atoms in total. The first-order chi connectivity index (χ1) is 16.5. The van der Waals surface area contributed by atoms with Gasteiger partial charge in [0.25, 0.3) is 0 Å². The molecule has 10 heteroatoms. The number of hydrogen-bond donors (Lipinski definition) is 0. The lowest BCUT2D eigenvalue weighted by molar-refractivity contribution is -0.124. The predicted octanol–water partition coefficient (Wildman–Crippen LogP) is 5.11. The summed E-state index contributed by atoms with van der Waals surface area (Å²) in [7, 11) is 1.59. The molecule has 1 atom stereocenters. The lowest BCUT2D eigenvalue weighted by atomic mass is 10.1. The number of amides is 2. The van der Waals surface area contributed by atoms with E-state index in [2.05, 4.69) is 18.7 Å². The minimum absolute atomic E-state index is 0. The molecule has 35 heavy (non-hydrogen) atoms. The van der Waals surface area contributed by atoms with E-state index in [0.717, 1.165) is 23.5 Å². The van der Waals surface area contributed by atoms with Crippen LogP contribution >= 0.6 is 35.3 Å². The summed E-state index contributed by atoms with van der Waals surface area (Å²) in [5.41, 5.74) is 1.46. The topological polar surface area (TPSA) is 66.0 Å². The Morgan fingerprint density at radius 1 is 1.17 bits per heavy atom. The van der Waals surface area contributed by atoms with Gasteiger partial charge in [-0.15, -0.1) is 12.4 Å². The molecule has 4 rings (SSSR count). The molecular weight excluding hydrogens is 507 g/mol. The van der Waals surface area contributed by atoms with Crippen molar-refractivity contribution in [2.24, 2.45) is 5.92 Å². The molecule has 0 N–H and O–H groups in total. The van der Waals surface area contributed by atoms with Gasteiger partial charge in [-0.3, -0.25) is 14.5 Å². The number of carbonyl (C=O) groups excluding carboxylic acids is 2. The van der Waals surface area contributed by atoms with E-state index in [1.54, 1.807) is 29.0 Å². The second-order valence-electron chi connectivity index (χ2n) is 8.18. The number of anilines is 2. The molecule has 1 fully saturated rings. The van der Waals surface area contributed by atoms with Crippen LogP contribution in [0.3, 0.4) is 0 Å². The van der Waals surface area contributed by atoms with E-state index in [9.17, 15) is 9.59 Å². The molecular formula is C25H30Cl2N4O3S. The molecule has 1 aliphatic rings. The Morgan fingerprint density at radius 2 is 1.89 bits per heavy atom. The fourth-order valence-electron chi connectivity index (χ4n) is 4.25. The number of para-hydroxylation sites is 1. The SMILES string of the molecule is CCN(CC)CCN(C(=O)C1CC(=O)N(c2ccccc2)C1)c1nc2c(OC)ccc(Cl)c2s1.Cl. The number of hydrogen-bond acceptors (Lipinski definition) is 6. The number of likely N-dealkylation sites (N-methyl/N-ethyl adjacent to an activating group) is 1. The lowest BCUT2D eigenvalue weighted by Crippen LogP contribution is -2.42. The van der Waals surface area contributed by atoms with Gasteiger partial charge < -0.3 is 14.5 Å². The number of ether oxygens (including phenoxy) is 1. The Hall–Kier alpha value is -2.39. The van der Waals surface area contributed by atoms with E-state index in [1.807, 2.05) is 30.3 Å². The second-order valence-corrected chi connectivity index (χ2v) is 9.57. The molecule has 1 aliphatic heterocycles. The highest BCUT2D eigenvalue weighted by Gasteiger charge is 2.38. The van der Waals surface area contributed by atoms with Crippen molar-refractivity contribution >= 4 is 68.2 Å². The first-order valence-corrected chi connectivity index (χ1v) is 12.7. The van der Waals surface area contributed by atoms with Gasteiger partial charge in [-0.2, -0.15) is 0 Å². The number of nitrogens with zero attached hydrogens (tertiary/aromatic N) is 4. The van der Waals surface area contributed by atoms with Crippen molar-refractivity contribution in [3.63, 3.8) is 0 Å². The summed E-state index contributed by atoms with van der Waals surface area (Å²) in [5, 5.41) is 1.14. The second kappa shape index (κ2) is 12.0. The molecule has 0 aliphatic carbocycles. The minimum Gasteiger partial charge on any atom is -0.494 e. The number of benzene rings is 2. The van der Waals surface area contributed by atoms with Gasteiger partial charge in [0.05, 0.1) is 22.8 Å². The zero-order chi connectivity index (χ0) is 24.2. The number of carbonyl (C=O) groups is 2. The standard InChI is InChI=1S/C25H29ClN4O3S.ClH/c1-4-28(5-2)13-14-29(25-27-22-20(33-3)12-11-19(26)23(22)34-25)24(32)17-15-21(31)30(16-17)18-9-7-6-8-10-18;/h6-12,17H,4-5,13-16H2,1-3H3;1H. The number of thiazole rings is 1. The highest BCUT2D eigenvalue weighted by molar-refractivity contribution is 7.23. The Bertz CT molecular complexity index is 1170. The third-order valence-electron chi connectivity index (χ3n) is 6.24. The molecule has 0 spiro atoms. The van der Waals surface area contributed by atoms with Crippen molar-refractivity contribution in [1.29, 1.82) is 0 Å². The van der Waals surface area contributed by atoms with Crippen molar-refractivity contribution in [3.8, 4) is 5.75 Å². The third kappa shape index (κ3) is 5.72. The fourth-order valence-corrected chi connectivity index (χ4v) is 5.54. The molecule has 2 heterocycles. The molecule has 3 aromatic rings. The summed E-state index contributed by atoms with van der Waals surface area (Å²) >= 11 is 7.82. The number of fused-ring (bicyclic) bond motifs is 1. The first-order valence-electron chi connectivity index (χ1n) is 11.5. The lowest BCUT2D eigenvalue weighted by Gasteiger charge is -2.26. The first kappa shape index (κ1) is 27.2. The summed E-state index contributed by atoms with van der Waals surface area (Å²) < 4.78 is 6.25. The quantitative estimate of drug-likeness (QED) is 0.380. The molecule has 2 amide bonds. The molecule has 2 aromatic carbocycles. The average Bonchev–Trinajstić information content (AvgIpc) is 3.47. The fraction of sp³-hybridized carbons (Fsp3) is 0.400.